The Hall–Kier alpha value is -1.91. The first-order chi connectivity index (χ1) is 8.83. The molecule has 0 spiro atoms. The van der Waals surface area contributed by atoms with Crippen LogP contribution in [0.4, 0.5) is 10.5 Å². The van der Waals surface area contributed by atoms with Crippen LogP contribution >= 0.6 is 0 Å². The normalized spacial score (nSPS) is 17.5. The van der Waals surface area contributed by atoms with Crippen LogP contribution in [-0.4, -0.2) is 24.3 Å². The van der Waals surface area contributed by atoms with Gasteiger partial charge in [0.15, 0.2) is 0 Å². The molecule has 1 unspecified atom stereocenters. The molecule has 19 heavy (non-hydrogen) atoms. The summed E-state index contributed by atoms with van der Waals surface area (Å²) in [5.41, 5.74) is 7.04. The van der Waals surface area contributed by atoms with Gasteiger partial charge in [-0.25, -0.2) is 4.79 Å². The first-order valence-corrected chi connectivity index (χ1v) is 6.35. The molecule has 104 valence electrons. The SMILES string of the molecule is CC(C)(C)OC(=O)NCC1Cc2cc(N)ccc2O1. The number of alkyl carbamates (subject to hydrolysis) is 1. The van der Waals surface area contributed by atoms with Crippen molar-refractivity contribution in [1.82, 2.24) is 5.32 Å². The van der Waals surface area contributed by atoms with Crippen LogP contribution in [0.3, 0.4) is 0 Å². The maximum absolute atomic E-state index is 11.5. The van der Waals surface area contributed by atoms with Crippen molar-refractivity contribution in [3.05, 3.63) is 23.8 Å². The van der Waals surface area contributed by atoms with Crippen LogP contribution in [0.2, 0.25) is 0 Å². The molecule has 5 nitrogen and oxygen atoms in total. The zero-order valence-electron chi connectivity index (χ0n) is 11.5. The van der Waals surface area contributed by atoms with Gasteiger partial charge < -0.3 is 20.5 Å². The largest absolute Gasteiger partial charge is 0.488 e. The van der Waals surface area contributed by atoms with Gasteiger partial charge in [-0.3, -0.25) is 0 Å². The second-order valence-corrected chi connectivity index (χ2v) is 5.69. The van der Waals surface area contributed by atoms with Gasteiger partial charge in [0.2, 0.25) is 0 Å². The zero-order valence-corrected chi connectivity index (χ0v) is 11.5. The Morgan fingerprint density at radius 1 is 1.53 bits per heavy atom. The fourth-order valence-electron chi connectivity index (χ4n) is 1.97. The topological polar surface area (TPSA) is 73.6 Å². The third kappa shape index (κ3) is 3.77. The van der Waals surface area contributed by atoms with Crippen molar-refractivity contribution in [2.24, 2.45) is 0 Å². The Bertz CT molecular complexity index is 480. The van der Waals surface area contributed by atoms with Crippen LogP contribution in [0.15, 0.2) is 18.2 Å². The van der Waals surface area contributed by atoms with Crippen LogP contribution in [0.25, 0.3) is 0 Å². The highest BCUT2D eigenvalue weighted by Crippen LogP contribution is 2.30. The number of hydrogen-bond donors (Lipinski definition) is 2. The van der Waals surface area contributed by atoms with Gasteiger partial charge in [-0.2, -0.15) is 0 Å². The molecule has 2 rings (SSSR count). The number of anilines is 1. The van der Waals surface area contributed by atoms with Gasteiger partial charge in [0.05, 0.1) is 6.54 Å². The fraction of sp³-hybridized carbons (Fsp3) is 0.500. The average Bonchev–Trinajstić information content (AvgIpc) is 2.66. The lowest BCUT2D eigenvalue weighted by Crippen LogP contribution is -2.38. The van der Waals surface area contributed by atoms with Crippen molar-refractivity contribution in [1.29, 1.82) is 0 Å². The molecule has 0 radical (unpaired) electrons. The number of nitrogens with two attached hydrogens (primary N) is 1. The summed E-state index contributed by atoms with van der Waals surface area (Å²) in [6, 6.07) is 5.57. The van der Waals surface area contributed by atoms with E-state index < -0.39 is 11.7 Å². The molecule has 1 aliphatic heterocycles. The number of nitrogens with one attached hydrogen (secondary N) is 1. The van der Waals surface area contributed by atoms with Gasteiger partial charge in [-0.1, -0.05) is 0 Å². The summed E-state index contributed by atoms with van der Waals surface area (Å²) in [5.74, 6) is 0.838. The maximum Gasteiger partial charge on any atom is 0.407 e. The minimum atomic E-state index is -0.488. The highest BCUT2D eigenvalue weighted by atomic mass is 16.6. The van der Waals surface area contributed by atoms with E-state index in [0.29, 0.717) is 6.54 Å². The van der Waals surface area contributed by atoms with Gasteiger partial charge in [-0.05, 0) is 44.5 Å². The van der Waals surface area contributed by atoms with Crippen LogP contribution in [0.1, 0.15) is 26.3 Å². The molecule has 1 amide bonds. The van der Waals surface area contributed by atoms with Gasteiger partial charge in [0, 0.05) is 12.1 Å². The molecule has 0 fully saturated rings. The molecule has 1 aromatic carbocycles. The van der Waals surface area contributed by atoms with Crippen molar-refractivity contribution in [3.8, 4) is 5.75 Å². The lowest BCUT2D eigenvalue weighted by atomic mass is 10.1. The zero-order chi connectivity index (χ0) is 14.0. The summed E-state index contributed by atoms with van der Waals surface area (Å²) in [6.45, 7) is 5.91. The van der Waals surface area contributed by atoms with Crippen molar-refractivity contribution < 1.29 is 14.3 Å². The van der Waals surface area contributed by atoms with E-state index in [-0.39, 0.29) is 6.10 Å². The van der Waals surface area contributed by atoms with E-state index in [2.05, 4.69) is 5.32 Å². The van der Waals surface area contributed by atoms with E-state index in [0.717, 1.165) is 23.4 Å². The third-order valence-corrected chi connectivity index (χ3v) is 2.70. The molecule has 3 N–H and O–H groups in total. The highest BCUT2D eigenvalue weighted by molar-refractivity contribution is 5.67. The lowest BCUT2D eigenvalue weighted by molar-refractivity contribution is 0.0506. The molecule has 1 heterocycles. The van der Waals surface area contributed by atoms with Gasteiger partial charge >= 0.3 is 6.09 Å². The maximum atomic E-state index is 11.5. The predicted molar refractivity (Wildman–Crippen MR) is 73.2 cm³/mol. The summed E-state index contributed by atoms with van der Waals surface area (Å²) in [7, 11) is 0. The average molecular weight is 264 g/mol. The number of amides is 1. The van der Waals surface area contributed by atoms with Gasteiger partial charge in [0.25, 0.3) is 0 Å². The number of rotatable bonds is 2. The molecule has 0 saturated carbocycles. The second kappa shape index (κ2) is 4.99. The lowest BCUT2D eigenvalue weighted by Gasteiger charge is -2.20. The Balaban J connectivity index is 1.83. The number of hydrogen-bond acceptors (Lipinski definition) is 4. The molecule has 1 aliphatic rings. The van der Waals surface area contributed by atoms with E-state index in [4.69, 9.17) is 15.2 Å². The predicted octanol–water partition coefficient (Wildman–Crippen LogP) is 2.10. The Morgan fingerprint density at radius 2 is 2.26 bits per heavy atom. The van der Waals surface area contributed by atoms with Crippen LogP contribution in [0.5, 0.6) is 5.75 Å². The number of nitrogen functional groups attached to an aromatic ring is 1. The molecular formula is C14H20N2O3. The van der Waals surface area contributed by atoms with E-state index in [1.165, 1.54) is 0 Å². The Labute approximate surface area is 113 Å². The minimum absolute atomic E-state index is 0.0654. The molecule has 0 aliphatic carbocycles. The van der Waals surface area contributed by atoms with Gasteiger partial charge in [-0.15, -0.1) is 0 Å². The molecule has 0 bridgehead atoms. The Kier molecular flexibility index (Phi) is 3.55. The monoisotopic (exact) mass is 264 g/mol. The highest BCUT2D eigenvalue weighted by Gasteiger charge is 2.24. The first kappa shape index (κ1) is 13.5. The number of carbonyl (C=O) groups is 1. The van der Waals surface area contributed by atoms with Crippen LogP contribution < -0.4 is 15.8 Å². The van der Waals surface area contributed by atoms with Crippen molar-refractivity contribution in [2.45, 2.75) is 38.9 Å². The number of ether oxygens (including phenoxy) is 2. The second-order valence-electron chi connectivity index (χ2n) is 5.69. The van der Waals surface area contributed by atoms with Gasteiger partial charge in [0.1, 0.15) is 17.5 Å². The molecule has 0 aromatic heterocycles. The van der Waals surface area contributed by atoms with E-state index in [9.17, 15) is 4.79 Å². The quantitative estimate of drug-likeness (QED) is 0.802. The molecule has 1 atom stereocenters. The number of benzene rings is 1. The van der Waals surface area contributed by atoms with E-state index in [1.807, 2.05) is 39.0 Å². The molecule has 0 saturated heterocycles. The van der Waals surface area contributed by atoms with E-state index >= 15 is 0 Å². The fourth-order valence-corrected chi connectivity index (χ4v) is 1.97. The summed E-state index contributed by atoms with van der Waals surface area (Å²) in [4.78, 5) is 11.5. The third-order valence-electron chi connectivity index (χ3n) is 2.70. The smallest absolute Gasteiger partial charge is 0.407 e. The molecule has 1 aromatic rings. The summed E-state index contributed by atoms with van der Waals surface area (Å²) >= 11 is 0. The first-order valence-electron chi connectivity index (χ1n) is 6.35. The van der Waals surface area contributed by atoms with Crippen molar-refractivity contribution >= 4 is 11.8 Å². The van der Waals surface area contributed by atoms with Crippen LogP contribution in [0, 0.1) is 0 Å². The summed E-state index contributed by atoms with van der Waals surface area (Å²) < 4.78 is 10.9. The molecule has 5 heteroatoms. The summed E-state index contributed by atoms with van der Waals surface area (Å²) in [6.07, 6.45) is 0.256. The molecular weight excluding hydrogens is 244 g/mol. The number of fused-ring (bicyclic) bond motifs is 1. The van der Waals surface area contributed by atoms with Crippen LogP contribution in [-0.2, 0) is 11.2 Å². The summed E-state index contributed by atoms with van der Waals surface area (Å²) in [5, 5.41) is 2.71. The van der Waals surface area contributed by atoms with Crippen molar-refractivity contribution in [3.63, 3.8) is 0 Å². The number of carbonyl (C=O) groups excluding carboxylic acids is 1. The standard InChI is InChI=1S/C14H20N2O3/c1-14(2,3)19-13(17)16-8-11-7-9-6-10(15)4-5-12(9)18-11/h4-6,11H,7-8,15H2,1-3H3,(H,16,17). The minimum Gasteiger partial charge on any atom is -0.488 e. The van der Waals surface area contributed by atoms with Crippen molar-refractivity contribution in [2.75, 3.05) is 12.3 Å². The van der Waals surface area contributed by atoms with E-state index in [1.54, 1.807) is 0 Å². The Morgan fingerprint density at radius 3 is 2.95 bits per heavy atom.